The van der Waals surface area contributed by atoms with Crippen LogP contribution in [0.4, 0.5) is 21.0 Å². The number of benzene rings is 1. The van der Waals surface area contributed by atoms with Crippen LogP contribution in [0.5, 0.6) is 0 Å². The molecule has 0 radical (unpaired) electrons. The van der Waals surface area contributed by atoms with Crippen LogP contribution in [0.25, 0.3) is 0 Å². The number of anilines is 2. The number of ether oxygens (including phenoxy) is 2. The number of esters is 1. The van der Waals surface area contributed by atoms with E-state index >= 15 is 0 Å². The number of aryl methyl sites for hydroxylation is 1. The molecule has 0 heterocycles. The molecule has 0 aliphatic carbocycles. The molecular weight excluding hydrogens is 362 g/mol. The molecule has 1 rings (SSSR count). The zero-order valence-corrected chi connectivity index (χ0v) is 17.2. The van der Waals surface area contributed by atoms with E-state index < -0.39 is 6.09 Å². The monoisotopic (exact) mass is 393 g/mol. The predicted molar refractivity (Wildman–Crippen MR) is 109 cm³/mol. The van der Waals surface area contributed by atoms with Crippen molar-refractivity contribution in [2.75, 3.05) is 37.4 Å². The van der Waals surface area contributed by atoms with Gasteiger partial charge in [0.1, 0.15) is 0 Å². The van der Waals surface area contributed by atoms with Crippen LogP contribution in [0.2, 0.25) is 0 Å². The van der Waals surface area contributed by atoms with E-state index in [2.05, 4.69) is 22.3 Å². The molecule has 2 N–H and O–H groups in total. The van der Waals surface area contributed by atoms with Gasteiger partial charge in [-0.1, -0.05) is 25.8 Å². The number of nitrogens with one attached hydrogen (secondary N) is 2. The molecule has 0 unspecified atom stereocenters. The molecule has 0 atom stereocenters. The van der Waals surface area contributed by atoms with E-state index in [1.807, 2.05) is 6.92 Å². The number of hydrogen-bond donors (Lipinski definition) is 2. The molecule has 8 nitrogen and oxygen atoms in total. The van der Waals surface area contributed by atoms with Gasteiger partial charge in [0.05, 0.1) is 20.1 Å². The predicted octanol–water partition coefficient (Wildman–Crippen LogP) is 4.15. The zero-order valence-electron chi connectivity index (χ0n) is 17.2. The largest absolute Gasteiger partial charge is 0.469 e. The van der Waals surface area contributed by atoms with Gasteiger partial charge in [0.2, 0.25) is 0 Å². The van der Waals surface area contributed by atoms with Gasteiger partial charge in [-0.05, 0) is 38.0 Å². The van der Waals surface area contributed by atoms with Crippen LogP contribution in [0.15, 0.2) is 18.2 Å². The van der Waals surface area contributed by atoms with Crippen LogP contribution in [0.1, 0.15) is 45.1 Å². The number of unbranched alkanes of at least 4 members (excludes halogenated alkanes) is 2. The Morgan fingerprint density at radius 1 is 1.07 bits per heavy atom. The van der Waals surface area contributed by atoms with Crippen LogP contribution in [-0.2, 0) is 14.3 Å². The standard InChI is InChI=1S/C20H31N3O5/c1-5-7-8-12-23(13-11-18(24)27-4)19(25)22-17-14-16(10-9-15(17)3)21-20(26)28-6-2/h9-10,14H,5-8,11-13H2,1-4H3,(H,21,26)(H,22,25). The number of carbonyl (C=O) groups excluding carboxylic acids is 3. The Balaban J connectivity index is 2.83. The average Bonchev–Trinajstić information content (AvgIpc) is 2.66. The Morgan fingerprint density at radius 3 is 2.46 bits per heavy atom. The minimum Gasteiger partial charge on any atom is -0.469 e. The van der Waals surface area contributed by atoms with Gasteiger partial charge in [0.15, 0.2) is 0 Å². The van der Waals surface area contributed by atoms with Crippen molar-refractivity contribution in [1.29, 1.82) is 0 Å². The minimum atomic E-state index is -0.553. The van der Waals surface area contributed by atoms with E-state index in [0.29, 0.717) is 17.9 Å². The van der Waals surface area contributed by atoms with E-state index in [4.69, 9.17) is 4.74 Å². The van der Waals surface area contributed by atoms with Crippen molar-refractivity contribution in [3.63, 3.8) is 0 Å². The maximum Gasteiger partial charge on any atom is 0.411 e. The van der Waals surface area contributed by atoms with Gasteiger partial charge in [-0.15, -0.1) is 0 Å². The molecule has 0 fully saturated rings. The van der Waals surface area contributed by atoms with Gasteiger partial charge in [0, 0.05) is 24.5 Å². The van der Waals surface area contributed by atoms with Crippen LogP contribution in [-0.4, -0.2) is 49.8 Å². The van der Waals surface area contributed by atoms with Gasteiger partial charge in [-0.2, -0.15) is 0 Å². The Kier molecular flexibility index (Phi) is 10.5. The quantitative estimate of drug-likeness (QED) is 0.460. The first-order valence-corrected chi connectivity index (χ1v) is 9.58. The SMILES string of the molecule is CCCCCN(CCC(=O)OC)C(=O)Nc1cc(NC(=O)OCC)ccc1C. The first-order chi connectivity index (χ1) is 13.4. The lowest BCUT2D eigenvalue weighted by molar-refractivity contribution is -0.140. The summed E-state index contributed by atoms with van der Waals surface area (Å²) >= 11 is 0. The van der Waals surface area contributed by atoms with Crippen molar-refractivity contribution in [2.45, 2.75) is 46.5 Å². The summed E-state index contributed by atoms with van der Waals surface area (Å²) in [4.78, 5) is 37.4. The molecule has 0 aliphatic heterocycles. The molecule has 0 saturated heterocycles. The Morgan fingerprint density at radius 2 is 1.82 bits per heavy atom. The Labute approximate surface area is 166 Å². The lowest BCUT2D eigenvalue weighted by Gasteiger charge is -2.23. The number of hydrogen-bond acceptors (Lipinski definition) is 5. The third-order valence-corrected chi connectivity index (χ3v) is 4.13. The second-order valence-electron chi connectivity index (χ2n) is 6.33. The molecule has 0 aromatic heterocycles. The Hall–Kier alpha value is -2.77. The number of rotatable bonds is 10. The van der Waals surface area contributed by atoms with Crippen molar-refractivity contribution in [1.82, 2.24) is 4.90 Å². The molecule has 8 heteroatoms. The highest BCUT2D eigenvalue weighted by atomic mass is 16.5. The lowest BCUT2D eigenvalue weighted by atomic mass is 10.2. The molecule has 0 saturated carbocycles. The highest BCUT2D eigenvalue weighted by Crippen LogP contribution is 2.21. The van der Waals surface area contributed by atoms with Crippen LogP contribution >= 0.6 is 0 Å². The molecule has 156 valence electrons. The molecule has 0 spiro atoms. The fourth-order valence-electron chi connectivity index (χ4n) is 2.51. The van der Waals surface area contributed by atoms with Crippen molar-refractivity contribution in [3.05, 3.63) is 23.8 Å². The number of methoxy groups -OCH3 is 1. The summed E-state index contributed by atoms with van der Waals surface area (Å²) in [6.07, 6.45) is 2.48. The zero-order chi connectivity index (χ0) is 20.9. The van der Waals surface area contributed by atoms with Crippen LogP contribution in [0.3, 0.4) is 0 Å². The van der Waals surface area contributed by atoms with Crippen molar-refractivity contribution in [2.24, 2.45) is 0 Å². The number of amides is 3. The number of nitrogens with zero attached hydrogens (tertiary/aromatic N) is 1. The summed E-state index contributed by atoms with van der Waals surface area (Å²) in [7, 11) is 1.33. The molecule has 1 aromatic carbocycles. The molecule has 1 aromatic rings. The highest BCUT2D eigenvalue weighted by molar-refractivity contribution is 5.92. The Bertz CT molecular complexity index is 663. The average molecular weight is 393 g/mol. The summed E-state index contributed by atoms with van der Waals surface area (Å²) < 4.78 is 9.53. The normalized spacial score (nSPS) is 10.1. The maximum atomic E-state index is 12.7. The fraction of sp³-hybridized carbons (Fsp3) is 0.550. The molecule has 0 aliphatic rings. The van der Waals surface area contributed by atoms with Crippen LogP contribution < -0.4 is 10.6 Å². The summed E-state index contributed by atoms with van der Waals surface area (Å²) in [5, 5.41) is 5.48. The second kappa shape index (κ2) is 12.6. The first kappa shape index (κ1) is 23.3. The molecule has 28 heavy (non-hydrogen) atoms. The van der Waals surface area contributed by atoms with Gasteiger partial charge in [0.25, 0.3) is 0 Å². The van der Waals surface area contributed by atoms with E-state index in [0.717, 1.165) is 24.8 Å². The van der Waals surface area contributed by atoms with Crippen molar-refractivity contribution in [3.8, 4) is 0 Å². The smallest absolute Gasteiger partial charge is 0.411 e. The van der Waals surface area contributed by atoms with Gasteiger partial charge in [-0.3, -0.25) is 10.1 Å². The first-order valence-electron chi connectivity index (χ1n) is 9.58. The number of carbonyl (C=O) groups is 3. The van der Waals surface area contributed by atoms with E-state index in [1.165, 1.54) is 7.11 Å². The highest BCUT2D eigenvalue weighted by Gasteiger charge is 2.16. The third-order valence-electron chi connectivity index (χ3n) is 4.13. The minimum absolute atomic E-state index is 0.138. The molecule has 0 bridgehead atoms. The summed E-state index contributed by atoms with van der Waals surface area (Å²) in [6.45, 7) is 6.78. The maximum absolute atomic E-state index is 12.7. The summed E-state index contributed by atoms with van der Waals surface area (Å²) in [6, 6.07) is 4.91. The van der Waals surface area contributed by atoms with Crippen molar-refractivity contribution < 1.29 is 23.9 Å². The van der Waals surface area contributed by atoms with Gasteiger partial charge >= 0.3 is 18.1 Å². The number of urea groups is 1. The van der Waals surface area contributed by atoms with E-state index in [9.17, 15) is 14.4 Å². The van der Waals surface area contributed by atoms with E-state index in [1.54, 1.807) is 30.0 Å². The van der Waals surface area contributed by atoms with Gasteiger partial charge < -0.3 is 19.7 Å². The van der Waals surface area contributed by atoms with Gasteiger partial charge in [-0.25, -0.2) is 9.59 Å². The summed E-state index contributed by atoms with van der Waals surface area (Å²) in [5.74, 6) is -0.356. The molecule has 3 amide bonds. The van der Waals surface area contributed by atoms with Crippen molar-refractivity contribution >= 4 is 29.5 Å². The second-order valence-corrected chi connectivity index (χ2v) is 6.33. The van der Waals surface area contributed by atoms with E-state index in [-0.39, 0.29) is 31.6 Å². The summed E-state index contributed by atoms with van der Waals surface area (Å²) in [5.41, 5.74) is 1.95. The topological polar surface area (TPSA) is 97.0 Å². The van der Waals surface area contributed by atoms with Crippen LogP contribution in [0, 0.1) is 6.92 Å². The third kappa shape index (κ3) is 8.28. The fourth-order valence-corrected chi connectivity index (χ4v) is 2.51. The molecular formula is C20H31N3O5. The lowest BCUT2D eigenvalue weighted by Crippen LogP contribution is -2.37.